The van der Waals surface area contributed by atoms with E-state index in [2.05, 4.69) is 53.5 Å². The highest BCUT2D eigenvalue weighted by Gasteiger charge is 2.07. The molecule has 21 heavy (non-hydrogen) atoms. The zero-order valence-electron chi connectivity index (χ0n) is 11.8. The van der Waals surface area contributed by atoms with Gasteiger partial charge in [-0.2, -0.15) is 0 Å². The van der Waals surface area contributed by atoms with Crippen molar-refractivity contribution in [3.63, 3.8) is 0 Å². The van der Waals surface area contributed by atoms with Crippen LogP contribution >= 0.6 is 0 Å². The minimum Gasteiger partial charge on any atom is -0.324 e. The van der Waals surface area contributed by atoms with Crippen LogP contribution in [-0.4, -0.2) is 4.98 Å². The smallest absolute Gasteiger partial charge is 0.0335 e. The Labute approximate surface area is 125 Å². The summed E-state index contributed by atoms with van der Waals surface area (Å²) in [5.41, 5.74) is 11.1. The van der Waals surface area contributed by atoms with Crippen LogP contribution in [0.25, 0.3) is 11.1 Å². The van der Waals surface area contributed by atoms with Gasteiger partial charge in [-0.3, -0.25) is 4.98 Å². The predicted octanol–water partition coefficient (Wildman–Crippen LogP) is 3.99. The van der Waals surface area contributed by atoms with Gasteiger partial charge in [0.1, 0.15) is 0 Å². The molecule has 2 aromatic carbocycles. The van der Waals surface area contributed by atoms with Crippen LogP contribution in [0.4, 0.5) is 0 Å². The number of hydrogen-bond donors (Lipinski definition) is 1. The molecule has 0 radical (unpaired) electrons. The number of nitrogens with zero attached hydrogens (tertiary/aromatic N) is 1. The van der Waals surface area contributed by atoms with Crippen molar-refractivity contribution in [2.75, 3.05) is 0 Å². The summed E-state index contributed by atoms with van der Waals surface area (Å²) in [4.78, 5) is 4.03. The molecule has 0 aliphatic heterocycles. The Morgan fingerprint density at radius 1 is 0.762 bits per heavy atom. The Morgan fingerprint density at radius 3 is 2.05 bits per heavy atom. The van der Waals surface area contributed by atoms with Crippen molar-refractivity contribution in [1.29, 1.82) is 0 Å². The Morgan fingerprint density at radius 2 is 1.38 bits per heavy atom. The highest BCUT2D eigenvalue weighted by Crippen LogP contribution is 2.22. The van der Waals surface area contributed by atoms with Gasteiger partial charge in [-0.15, -0.1) is 0 Å². The topological polar surface area (TPSA) is 38.9 Å². The first kappa shape index (κ1) is 13.5. The Bertz CT molecular complexity index is 676. The van der Waals surface area contributed by atoms with Crippen molar-refractivity contribution < 1.29 is 0 Å². The molecular weight excluding hydrogens is 256 g/mol. The first-order chi connectivity index (χ1) is 10.3. The molecule has 1 atom stereocenters. The van der Waals surface area contributed by atoms with E-state index in [1.54, 1.807) is 12.4 Å². The average Bonchev–Trinajstić information content (AvgIpc) is 2.57. The molecule has 0 spiro atoms. The highest BCUT2D eigenvalue weighted by molar-refractivity contribution is 5.63. The van der Waals surface area contributed by atoms with Crippen molar-refractivity contribution in [3.05, 3.63) is 90.3 Å². The molecule has 0 amide bonds. The Hall–Kier alpha value is -2.45. The fraction of sp³-hybridized carbons (Fsp3) is 0.105. The van der Waals surface area contributed by atoms with Gasteiger partial charge >= 0.3 is 0 Å². The standard InChI is InChI=1S/C19H18N2/c20-19(14-15-10-12-21-13-11-15)18-8-6-17(7-9-18)16-4-2-1-3-5-16/h1-13,19H,14,20H2. The van der Waals surface area contributed by atoms with E-state index in [-0.39, 0.29) is 6.04 Å². The predicted molar refractivity (Wildman–Crippen MR) is 86.7 cm³/mol. The van der Waals surface area contributed by atoms with Crippen molar-refractivity contribution in [3.8, 4) is 11.1 Å². The minimum absolute atomic E-state index is 0.0113. The van der Waals surface area contributed by atoms with Crippen LogP contribution in [0.2, 0.25) is 0 Å². The zero-order valence-corrected chi connectivity index (χ0v) is 11.8. The second kappa shape index (κ2) is 6.33. The molecule has 0 saturated heterocycles. The SMILES string of the molecule is NC(Cc1ccncc1)c1ccc(-c2ccccc2)cc1. The van der Waals surface area contributed by atoms with Crippen LogP contribution in [0.3, 0.4) is 0 Å². The van der Waals surface area contributed by atoms with E-state index in [0.717, 1.165) is 12.0 Å². The normalized spacial score (nSPS) is 12.0. The van der Waals surface area contributed by atoms with E-state index < -0.39 is 0 Å². The van der Waals surface area contributed by atoms with Crippen molar-refractivity contribution in [2.45, 2.75) is 12.5 Å². The fourth-order valence-electron chi connectivity index (χ4n) is 2.44. The molecule has 0 aliphatic carbocycles. The summed E-state index contributed by atoms with van der Waals surface area (Å²) in [7, 11) is 0. The molecule has 3 rings (SSSR count). The highest BCUT2D eigenvalue weighted by atomic mass is 14.6. The molecule has 1 aromatic heterocycles. The summed E-state index contributed by atoms with van der Waals surface area (Å²) in [5, 5.41) is 0. The average molecular weight is 274 g/mol. The Kier molecular flexibility index (Phi) is 4.08. The second-order valence-electron chi connectivity index (χ2n) is 5.15. The van der Waals surface area contributed by atoms with Crippen molar-refractivity contribution >= 4 is 0 Å². The number of hydrogen-bond acceptors (Lipinski definition) is 2. The van der Waals surface area contributed by atoms with Crippen molar-refractivity contribution in [1.82, 2.24) is 4.98 Å². The number of benzene rings is 2. The monoisotopic (exact) mass is 274 g/mol. The van der Waals surface area contributed by atoms with Gasteiger partial charge in [0.25, 0.3) is 0 Å². The first-order valence-corrected chi connectivity index (χ1v) is 7.13. The molecule has 2 nitrogen and oxygen atoms in total. The lowest BCUT2D eigenvalue weighted by molar-refractivity contribution is 0.721. The largest absolute Gasteiger partial charge is 0.324 e. The van der Waals surface area contributed by atoms with Crippen LogP contribution in [0.5, 0.6) is 0 Å². The van der Waals surface area contributed by atoms with Gasteiger partial charge in [-0.25, -0.2) is 0 Å². The summed E-state index contributed by atoms with van der Waals surface area (Å²) in [6.07, 6.45) is 4.44. The van der Waals surface area contributed by atoms with E-state index >= 15 is 0 Å². The van der Waals surface area contributed by atoms with Crippen LogP contribution in [0.1, 0.15) is 17.2 Å². The van der Waals surface area contributed by atoms with E-state index in [1.807, 2.05) is 18.2 Å². The molecule has 0 saturated carbocycles. The third kappa shape index (κ3) is 3.36. The molecule has 2 N–H and O–H groups in total. The fourth-order valence-corrected chi connectivity index (χ4v) is 2.44. The number of rotatable bonds is 4. The van der Waals surface area contributed by atoms with Crippen LogP contribution < -0.4 is 5.73 Å². The quantitative estimate of drug-likeness (QED) is 0.781. The molecule has 104 valence electrons. The lowest BCUT2D eigenvalue weighted by Gasteiger charge is -2.13. The van der Waals surface area contributed by atoms with Crippen LogP contribution in [0, 0.1) is 0 Å². The third-order valence-electron chi connectivity index (χ3n) is 3.65. The first-order valence-electron chi connectivity index (χ1n) is 7.13. The Balaban J connectivity index is 1.75. The van der Waals surface area contributed by atoms with Gasteiger partial charge in [-0.1, -0.05) is 54.6 Å². The molecule has 1 heterocycles. The third-order valence-corrected chi connectivity index (χ3v) is 3.65. The van der Waals surface area contributed by atoms with Gasteiger partial charge in [0.2, 0.25) is 0 Å². The minimum atomic E-state index is 0.0113. The maximum atomic E-state index is 6.30. The second-order valence-corrected chi connectivity index (χ2v) is 5.15. The van der Waals surface area contributed by atoms with Gasteiger partial charge in [0.05, 0.1) is 0 Å². The number of aromatic nitrogens is 1. The van der Waals surface area contributed by atoms with Gasteiger partial charge in [0.15, 0.2) is 0 Å². The maximum absolute atomic E-state index is 6.30. The van der Waals surface area contributed by atoms with Gasteiger partial charge in [-0.05, 0) is 40.8 Å². The van der Waals surface area contributed by atoms with Crippen molar-refractivity contribution in [2.24, 2.45) is 5.73 Å². The molecule has 0 bridgehead atoms. The van der Waals surface area contributed by atoms with Crippen LogP contribution in [0.15, 0.2) is 79.1 Å². The van der Waals surface area contributed by atoms with E-state index in [1.165, 1.54) is 16.7 Å². The number of pyridine rings is 1. The van der Waals surface area contributed by atoms with Crippen LogP contribution in [-0.2, 0) is 6.42 Å². The maximum Gasteiger partial charge on any atom is 0.0335 e. The summed E-state index contributed by atoms with van der Waals surface area (Å²) in [5.74, 6) is 0. The summed E-state index contributed by atoms with van der Waals surface area (Å²) in [6.45, 7) is 0. The molecule has 0 fully saturated rings. The molecule has 2 heteroatoms. The molecule has 3 aromatic rings. The van der Waals surface area contributed by atoms with E-state index in [0.29, 0.717) is 0 Å². The number of nitrogens with two attached hydrogens (primary N) is 1. The summed E-state index contributed by atoms with van der Waals surface area (Å²) in [6, 6.07) is 22.9. The summed E-state index contributed by atoms with van der Waals surface area (Å²) >= 11 is 0. The summed E-state index contributed by atoms with van der Waals surface area (Å²) < 4.78 is 0. The van der Waals surface area contributed by atoms with Gasteiger partial charge < -0.3 is 5.73 Å². The zero-order chi connectivity index (χ0) is 14.5. The lowest BCUT2D eigenvalue weighted by atomic mass is 9.97. The molecule has 1 unspecified atom stereocenters. The van der Waals surface area contributed by atoms with E-state index in [9.17, 15) is 0 Å². The molecular formula is C19H18N2. The molecule has 0 aliphatic rings. The van der Waals surface area contributed by atoms with E-state index in [4.69, 9.17) is 5.73 Å². The lowest BCUT2D eigenvalue weighted by Crippen LogP contribution is -2.13. The van der Waals surface area contributed by atoms with Gasteiger partial charge in [0, 0.05) is 18.4 Å².